The summed E-state index contributed by atoms with van der Waals surface area (Å²) in [5.41, 5.74) is 1.16. The zero-order valence-corrected chi connectivity index (χ0v) is 16.2. The molecule has 1 atom stereocenters. The van der Waals surface area contributed by atoms with Crippen LogP contribution in [0.5, 0.6) is 5.88 Å². The minimum atomic E-state index is -3.54. The normalized spacial score (nSPS) is 18.5. The maximum absolute atomic E-state index is 12.9. The summed E-state index contributed by atoms with van der Waals surface area (Å²) in [5.74, 6) is -0.765. The Morgan fingerprint density at radius 2 is 2.15 bits per heavy atom. The molecule has 0 spiro atoms. The lowest BCUT2D eigenvalue weighted by Gasteiger charge is -2.28. The number of carbonyl (C=O) groups excluding carboxylic acids is 1. The lowest BCUT2D eigenvalue weighted by atomic mass is 9.92. The highest BCUT2D eigenvalue weighted by Crippen LogP contribution is 2.42. The van der Waals surface area contributed by atoms with Crippen molar-refractivity contribution in [3.63, 3.8) is 0 Å². The molecule has 1 aliphatic rings. The van der Waals surface area contributed by atoms with Crippen LogP contribution in [0.1, 0.15) is 46.5 Å². The van der Waals surface area contributed by atoms with Crippen molar-refractivity contribution in [1.29, 1.82) is 0 Å². The van der Waals surface area contributed by atoms with Crippen LogP contribution in [0.15, 0.2) is 17.2 Å². The number of halogens is 1. The highest BCUT2D eigenvalue weighted by Gasteiger charge is 2.36. The molecule has 7 nitrogen and oxygen atoms in total. The van der Waals surface area contributed by atoms with Gasteiger partial charge in [0.1, 0.15) is 5.56 Å². The van der Waals surface area contributed by atoms with Crippen LogP contribution in [-0.2, 0) is 21.1 Å². The van der Waals surface area contributed by atoms with E-state index < -0.39 is 21.7 Å². The van der Waals surface area contributed by atoms with Gasteiger partial charge in [0.15, 0.2) is 15.6 Å². The van der Waals surface area contributed by atoms with Gasteiger partial charge in [-0.3, -0.25) is 4.79 Å². The Hall–Kier alpha value is -1.90. The first-order valence-electron chi connectivity index (χ1n) is 8.10. The van der Waals surface area contributed by atoms with Crippen molar-refractivity contribution >= 4 is 27.2 Å². The maximum atomic E-state index is 12.9. The van der Waals surface area contributed by atoms with Crippen molar-refractivity contribution in [3.05, 3.63) is 39.5 Å². The summed E-state index contributed by atoms with van der Waals surface area (Å²) in [6, 6.07) is 1.34. The third kappa shape index (κ3) is 2.82. The molecule has 2 aromatic rings. The molecule has 1 unspecified atom stereocenters. The second-order valence-electron chi connectivity index (χ2n) is 6.13. The van der Waals surface area contributed by atoms with Crippen molar-refractivity contribution in [3.8, 4) is 5.88 Å². The first kappa shape index (κ1) is 18.9. The van der Waals surface area contributed by atoms with E-state index in [0.717, 1.165) is 0 Å². The second-order valence-corrected chi connectivity index (χ2v) is 8.59. The fourth-order valence-corrected chi connectivity index (χ4v) is 5.61. The number of rotatable bonds is 4. The summed E-state index contributed by atoms with van der Waals surface area (Å²) < 4.78 is 31.7. The fourth-order valence-electron chi connectivity index (χ4n) is 3.34. The van der Waals surface area contributed by atoms with E-state index in [9.17, 15) is 18.3 Å². The number of sulfone groups is 1. The van der Waals surface area contributed by atoms with Gasteiger partial charge in [-0.1, -0.05) is 11.6 Å². The lowest BCUT2D eigenvalue weighted by molar-refractivity contribution is 0.0952. The minimum absolute atomic E-state index is 0.0157. The summed E-state index contributed by atoms with van der Waals surface area (Å²) in [4.78, 5) is 13.0. The first-order chi connectivity index (χ1) is 12.2. The van der Waals surface area contributed by atoms with Crippen LogP contribution in [0.4, 0.5) is 0 Å². The number of ether oxygens (including phenoxy) is 1. The number of ketones is 1. The molecule has 26 heavy (non-hydrogen) atoms. The van der Waals surface area contributed by atoms with E-state index in [1.807, 2.05) is 0 Å². The number of fused-ring (bicyclic) bond motifs is 1. The Balaban J connectivity index is 2.23. The second kappa shape index (κ2) is 6.68. The molecular weight excluding hydrogens is 380 g/mol. The molecule has 0 radical (unpaired) electrons. The third-order valence-corrected chi connectivity index (χ3v) is 6.95. The average molecular weight is 399 g/mol. The monoisotopic (exact) mass is 398 g/mol. The molecule has 0 fully saturated rings. The Morgan fingerprint density at radius 1 is 1.46 bits per heavy atom. The highest BCUT2D eigenvalue weighted by molar-refractivity contribution is 7.91. The van der Waals surface area contributed by atoms with E-state index in [1.54, 1.807) is 13.8 Å². The van der Waals surface area contributed by atoms with Crippen molar-refractivity contribution in [2.24, 2.45) is 0 Å². The van der Waals surface area contributed by atoms with Crippen LogP contribution in [0.2, 0.25) is 5.02 Å². The van der Waals surface area contributed by atoms with Gasteiger partial charge in [0.05, 0.1) is 28.0 Å². The first-order valence-corrected chi connectivity index (χ1v) is 10.1. The van der Waals surface area contributed by atoms with Crippen molar-refractivity contribution in [2.75, 3.05) is 12.9 Å². The van der Waals surface area contributed by atoms with Crippen LogP contribution >= 0.6 is 11.6 Å². The summed E-state index contributed by atoms with van der Waals surface area (Å²) in [5, 5.41) is 14.1. The molecular formula is C17H19ClN2O5S. The van der Waals surface area contributed by atoms with Gasteiger partial charge in [0.25, 0.3) is 0 Å². The molecule has 0 saturated carbocycles. The highest BCUT2D eigenvalue weighted by atomic mass is 35.5. The number of hydrogen-bond donors (Lipinski definition) is 1. The van der Waals surface area contributed by atoms with E-state index in [4.69, 9.17) is 16.3 Å². The average Bonchev–Trinajstić information content (AvgIpc) is 2.97. The van der Waals surface area contributed by atoms with E-state index in [-0.39, 0.29) is 32.7 Å². The Labute approximate surface area is 156 Å². The summed E-state index contributed by atoms with van der Waals surface area (Å²) >= 11 is 6.26. The molecule has 2 heterocycles. The van der Waals surface area contributed by atoms with Crippen molar-refractivity contribution in [1.82, 2.24) is 9.78 Å². The van der Waals surface area contributed by atoms with Gasteiger partial charge >= 0.3 is 0 Å². The molecule has 3 rings (SSSR count). The van der Waals surface area contributed by atoms with Gasteiger partial charge in [-0.05, 0) is 31.9 Å². The van der Waals surface area contributed by atoms with Crippen LogP contribution in [-0.4, -0.2) is 42.0 Å². The number of carbonyl (C=O) groups is 1. The number of aryl methyl sites for hydroxylation is 1. The Morgan fingerprint density at radius 3 is 2.73 bits per heavy atom. The minimum Gasteiger partial charge on any atom is -0.493 e. The van der Waals surface area contributed by atoms with Crippen LogP contribution in [0.25, 0.3) is 0 Å². The Bertz CT molecular complexity index is 997. The van der Waals surface area contributed by atoms with E-state index in [2.05, 4.69) is 5.10 Å². The number of hydrogen-bond acceptors (Lipinski definition) is 6. The maximum Gasteiger partial charge on any atom is 0.220 e. The SMILES string of the molecule is CCn1ncc(C(=O)c2cc(Cl)c3c(c2C)C(OC)CCS3(=O)=O)c1O. The summed E-state index contributed by atoms with van der Waals surface area (Å²) in [6.45, 7) is 3.86. The molecule has 0 saturated heterocycles. The molecule has 0 bridgehead atoms. The summed E-state index contributed by atoms with van der Waals surface area (Å²) in [7, 11) is -2.05. The van der Waals surface area contributed by atoms with Gasteiger partial charge < -0.3 is 9.84 Å². The van der Waals surface area contributed by atoms with Gasteiger partial charge in [-0.15, -0.1) is 0 Å². The number of aromatic nitrogens is 2. The zero-order valence-electron chi connectivity index (χ0n) is 14.6. The molecule has 1 aromatic carbocycles. The van der Waals surface area contributed by atoms with Gasteiger partial charge in [-0.25, -0.2) is 13.1 Å². The van der Waals surface area contributed by atoms with E-state index in [1.165, 1.54) is 24.1 Å². The standard InChI is InChI=1S/C17H19ClN2O5S/c1-4-20-17(22)11(8-19-20)15(21)10-7-12(18)16-14(9(10)2)13(25-3)5-6-26(16,23)24/h7-8,13,22H,4-6H2,1-3H3. The summed E-state index contributed by atoms with van der Waals surface area (Å²) in [6.07, 6.45) is 1.11. The smallest absolute Gasteiger partial charge is 0.220 e. The number of aromatic hydroxyl groups is 1. The van der Waals surface area contributed by atoms with Crippen molar-refractivity contribution in [2.45, 2.75) is 37.8 Å². The van der Waals surface area contributed by atoms with Gasteiger partial charge in [0, 0.05) is 24.8 Å². The quantitative estimate of drug-likeness (QED) is 0.795. The molecule has 140 valence electrons. The number of benzene rings is 1. The predicted octanol–water partition coefficient (Wildman–Crippen LogP) is 2.67. The fraction of sp³-hybridized carbons (Fsp3) is 0.412. The van der Waals surface area contributed by atoms with Crippen LogP contribution < -0.4 is 0 Å². The molecule has 1 aromatic heterocycles. The van der Waals surface area contributed by atoms with Crippen LogP contribution in [0, 0.1) is 6.92 Å². The third-order valence-electron chi connectivity index (χ3n) is 4.71. The predicted molar refractivity (Wildman–Crippen MR) is 95.6 cm³/mol. The van der Waals surface area contributed by atoms with Gasteiger partial charge in [-0.2, -0.15) is 5.10 Å². The lowest BCUT2D eigenvalue weighted by Crippen LogP contribution is -2.24. The van der Waals surface area contributed by atoms with Crippen molar-refractivity contribution < 1.29 is 23.1 Å². The molecule has 0 amide bonds. The molecule has 1 aliphatic heterocycles. The van der Waals surface area contributed by atoms with Crippen LogP contribution in [0.3, 0.4) is 0 Å². The molecule has 0 aliphatic carbocycles. The number of methoxy groups -OCH3 is 1. The number of nitrogens with zero attached hydrogens (tertiary/aromatic N) is 2. The largest absolute Gasteiger partial charge is 0.493 e. The topological polar surface area (TPSA) is 98.5 Å². The van der Waals surface area contributed by atoms with Gasteiger partial charge in [0.2, 0.25) is 5.88 Å². The zero-order chi connectivity index (χ0) is 19.2. The van der Waals surface area contributed by atoms with E-state index in [0.29, 0.717) is 24.1 Å². The Kier molecular flexibility index (Phi) is 4.85. The van der Waals surface area contributed by atoms with E-state index >= 15 is 0 Å². The molecule has 1 N–H and O–H groups in total. The molecule has 9 heteroatoms.